The molecule has 0 radical (unpaired) electrons. The number of hydrogen-bond donors (Lipinski definition) is 1. The van der Waals surface area contributed by atoms with Crippen molar-refractivity contribution < 1.29 is 17.4 Å². The Balaban J connectivity index is 2.37. The van der Waals surface area contributed by atoms with E-state index in [0.29, 0.717) is 23.6 Å². The largest absolute Gasteiger partial charge is 0.416 e. The normalized spacial score (nSPS) is 13.8. The van der Waals surface area contributed by atoms with Gasteiger partial charge < -0.3 is 10.3 Å². The fourth-order valence-corrected chi connectivity index (χ4v) is 2.57. The van der Waals surface area contributed by atoms with Crippen LogP contribution in [0.2, 0.25) is 0 Å². The lowest BCUT2D eigenvalue weighted by Gasteiger charge is -2.07. The summed E-state index contributed by atoms with van der Waals surface area (Å²) in [6, 6.07) is 3.31. The van der Waals surface area contributed by atoms with Gasteiger partial charge in [-0.25, -0.2) is 4.98 Å². The molecule has 2 N–H and O–H groups in total. The Morgan fingerprint density at radius 1 is 1.40 bits per heavy atom. The molecule has 110 valence electrons. The Morgan fingerprint density at radius 3 is 2.70 bits per heavy atom. The van der Waals surface area contributed by atoms with E-state index in [2.05, 4.69) is 4.98 Å². The summed E-state index contributed by atoms with van der Waals surface area (Å²) in [5, 5.41) is 0. The molecule has 0 aliphatic rings. The Kier molecular flexibility index (Phi) is 4.03. The van der Waals surface area contributed by atoms with Crippen molar-refractivity contribution >= 4 is 27.8 Å². The van der Waals surface area contributed by atoms with Crippen LogP contribution in [0.1, 0.15) is 12.5 Å². The minimum absolute atomic E-state index is 0.132. The van der Waals surface area contributed by atoms with Crippen LogP contribution in [0.25, 0.3) is 11.0 Å². The van der Waals surface area contributed by atoms with Crippen molar-refractivity contribution in [3.8, 4) is 0 Å². The zero-order chi connectivity index (χ0) is 14.9. The van der Waals surface area contributed by atoms with Gasteiger partial charge in [-0.1, -0.05) is 6.92 Å². The smallest absolute Gasteiger partial charge is 0.369 e. The Hall–Kier alpha value is -1.57. The maximum Gasteiger partial charge on any atom is 0.416 e. The molecule has 2 rings (SSSR count). The van der Waals surface area contributed by atoms with Crippen LogP contribution in [0.4, 0.5) is 19.1 Å². The number of hydrogen-bond acceptors (Lipinski definition) is 3. The summed E-state index contributed by atoms with van der Waals surface area (Å²) < 4.78 is 50.9. The van der Waals surface area contributed by atoms with Crippen LogP contribution in [0.15, 0.2) is 18.2 Å². The number of aryl methyl sites for hydroxylation is 1. The highest BCUT2D eigenvalue weighted by atomic mass is 32.2. The van der Waals surface area contributed by atoms with Crippen LogP contribution in [-0.4, -0.2) is 25.3 Å². The van der Waals surface area contributed by atoms with E-state index in [1.165, 1.54) is 6.07 Å². The maximum atomic E-state index is 12.6. The van der Waals surface area contributed by atoms with Crippen LogP contribution in [0.3, 0.4) is 0 Å². The highest BCUT2D eigenvalue weighted by Gasteiger charge is 2.31. The number of alkyl halides is 3. The summed E-state index contributed by atoms with van der Waals surface area (Å²) in [6.07, 6.45) is -4.41. The molecule has 0 aliphatic heterocycles. The predicted molar refractivity (Wildman–Crippen MR) is 72.7 cm³/mol. The minimum atomic E-state index is -4.41. The lowest BCUT2D eigenvalue weighted by molar-refractivity contribution is -0.137. The molecule has 1 unspecified atom stereocenters. The second-order valence-electron chi connectivity index (χ2n) is 4.26. The minimum Gasteiger partial charge on any atom is -0.369 e. The number of aromatic nitrogens is 2. The second-order valence-corrected chi connectivity index (χ2v) is 6.12. The van der Waals surface area contributed by atoms with Gasteiger partial charge in [-0.3, -0.25) is 4.21 Å². The van der Waals surface area contributed by atoms with Gasteiger partial charge in [-0.2, -0.15) is 13.2 Å². The van der Waals surface area contributed by atoms with Crippen molar-refractivity contribution in [3.63, 3.8) is 0 Å². The van der Waals surface area contributed by atoms with Crippen LogP contribution in [-0.2, 0) is 23.5 Å². The number of rotatable bonds is 4. The van der Waals surface area contributed by atoms with Crippen molar-refractivity contribution in [1.29, 1.82) is 0 Å². The zero-order valence-corrected chi connectivity index (χ0v) is 11.6. The molecule has 0 bridgehead atoms. The fourth-order valence-electron chi connectivity index (χ4n) is 1.90. The van der Waals surface area contributed by atoms with Gasteiger partial charge in [0.05, 0.1) is 16.6 Å². The molecule has 0 saturated heterocycles. The van der Waals surface area contributed by atoms with Gasteiger partial charge in [0, 0.05) is 28.9 Å². The quantitative estimate of drug-likeness (QED) is 0.943. The van der Waals surface area contributed by atoms with E-state index >= 15 is 0 Å². The van der Waals surface area contributed by atoms with E-state index < -0.39 is 22.5 Å². The molecule has 1 heterocycles. The third-order valence-corrected chi connectivity index (χ3v) is 4.25. The lowest BCUT2D eigenvalue weighted by Crippen LogP contribution is -2.11. The molecule has 0 aliphatic carbocycles. The van der Waals surface area contributed by atoms with Crippen LogP contribution < -0.4 is 5.73 Å². The Morgan fingerprint density at radius 2 is 2.10 bits per heavy atom. The summed E-state index contributed by atoms with van der Waals surface area (Å²) in [6.45, 7) is 2.18. The van der Waals surface area contributed by atoms with Crippen LogP contribution in [0, 0.1) is 0 Å². The number of fused-ring (bicyclic) bond motifs is 1. The number of nitrogen functional groups attached to an aromatic ring is 1. The topological polar surface area (TPSA) is 60.9 Å². The summed E-state index contributed by atoms with van der Waals surface area (Å²) in [5.74, 6) is 1.06. The van der Waals surface area contributed by atoms with E-state index in [4.69, 9.17) is 5.73 Å². The molecule has 0 saturated carbocycles. The predicted octanol–water partition coefficient (Wildman–Crippen LogP) is 2.41. The standard InChI is InChI=1S/C12H14F3N3OS/c1-2-20(19)6-5-18-10-4-3-8(12(13,14)15)7-9(10)17-11(18)16/h3-4,7H,2,5-6H2,1H3,(H2,16,17). The highest BCUT2D eigenvalue weighted by Crippen LogP contribution is 2.31. The van der Waals surface area contributed by atoms with Crippen LogP contribution in [0.5, 0.6) is 0 Å². The Labute approximate surface area is 116 Å². The molecule has 1 aromatic carbocycles. The highest BCUT2D eigenvalue weighted by molar-refractivity contribution is 7.84. The molecular weight excluding hydrogens is 291 g/mol. The van der Waals surface area contributed by atoms with Crippen LogP contribution >= 0.6 is 0 Å². The monoisotopic (exact) mass is 305 g/mol. The molecule has 4 nitrogen and oxygen atoms in total. The first kappa shape index (κ1) is 14.8. The molecule has 8 heteroatoms. The van der Waals surface area contributed by atoms with Gasteiger partial charge in [0.25, 0.3) is 0 Å². The second kappa shape index (κ2) is 5.43. The van der Waals surface area contributed by atoms with Gasteiger partial charge in [0.15, 0.2) is 0 Å². The number of benzene rings is 1. The first-order valence-electron chi connectivity index (χ1n) is 6.01. The van der Waals surface area contributed by atoms with Gasteiger partial charge in [-0.05, 0) is 18.2 Å². The third kappa shape index (κ3) is 2.95. The summed E-state index contributed by atoms with van der Waals surface area (Å²) in [5.41, 5.74) is 5.67. The van der Waals surface area contributed by atoms with E-state index in [0.717, 1.165) is 12.1 Å². The van der Waals surface area contributed by atoms with Crippen molar-refractivity contribution in [2.75, 3.05) is 17.2 Å². The molecule has 0 amide bonds. The molecule has 1 aromatic heterocycles. The summed E-state index contributed by atoms with van der Waals surface area (Å²) in [7, 11) is -0.965. The first-order chi connectivity index (χ1) is 9.32. The SMILES string of the molecule is CCS(=O)CCn1c(N)nc2cc(C(F)(F)F)ccc21. The molecule has 0 spiro atoms. The fraction of sp³-hybridized carbons (Fsp3) is 0.417. The average molecular weight is 305 g/mol. The molecule has 1 atom stereocenters. The number of imidazole rings is 1. The number of anilines is 1. The van der Waals surface area contributed by atoms with E-state index in [-0.39, 0.29) is 11.5 Å². The number of nitrogens with zero attached hydrogens (tertiary/aromatic N) is 2. The van der Waals surface area contributed by atoms with E-state index in [9.17, 15) is 17.4 Å². The molecule has 20 heavy (non-hydrogen) atoms. The average Bonchev–Trinajstić information content (AvgIpc) is 2.69. The zero-order valence-electron chi connectivity index (χ0n) is 10.8. The third-order valence-electron chi connectivity index (χ3n) is 2.97. The number of halogens is 3. The van der Waals surface area contributed by atoms with E-state index in [1.807, 2.05) is 0 Å². The van der Waals surface area contributed by atoms with Gasteiger partial charge >= 0.3 is 6.18 Å². The van der Waals surface area contributed by atoms with E-state index in [1.54, 1.807) is 11.5 Å². The van der Waals surface area contributed by atoms with Gasteiger partial charge in [0.1, 0.15) is 0 Å². The Bertz CT molecular complexity index is 651. The summed E-state index contributed by atoms with van der Waals surface area (Å²) in [4.78, 5) is 3.93. The van der Waals surface area contributed by atoms with Gasteiger partial charge in [0.2, 0.25) is 5.95 Å². The maximum absolute atomic E-state index is 12.6. The lowest BCUT2D eigenvalue weighted by atomic mass is 10.2. The first-order valence-corrected chi connectivity index (χ1v) is 7.49. The van der Waals surface area contributed by atoms with Crippen molar-refractivity contribution in [2.45, 2.75) is 19.6 Å². The van der Waals surface area contributed by atoms with Crippen molar-refractivity contribution in [1.82, 2.24) is 9.55 Å². The molecule has 0 fully saturated rings. The summed E-state index contributed by atoms with van der Waals surface area (Å²) >= 11 is 0. The van der Waals surface area contributed by atoms with Crippen molar-refractivity contribution in [3.05, 3.63) is 23.8 Å². The molecule has 2 aromatic rings. The number of nitrogens with two attached hydrogens (primary N) is 1. The van der Waals surface area contributed by atoms with Gasteiger partial charge in [-0.15, -0.1) is 0 Å². The van der Waals surface area contributed by atoms with Crippen molar-refractivity contribution in [2.24, 2.45) is 0 Å². The molecular formula is C12H14F3N3OS.